The summed E-state index contributed by atoms with van der Waals surface area (Å²) in [7, 11) is 0. The summed E-state index contributed by atoms with van der Waals surface area (Å²) < 4.78 is 15.0. The molecule has 0 aliphatic carbocycles. The molecule has 0 aromatic carbocycles. The van der Waals surface area contributed by atoms with Crippen LogP contribution < -0.4 is 5.32 Å². The van der Waals surface area contributed by atoms with Crippen molar-refractivity contribution in [2.24, 2.45) is 0 Å². The first-order chi connectivity index (χ1) is 31.9. The number of fused-ring (bicyclic) bond motifs is 2. The van der Waals surface area contributed by atoms with Gasteiger partial charge in [0, 0.05) is 73.2 Å². The number of rotatable bonds is 7. The maximum atomic E-state index is 12.4. The van der Waals surface area contributed by atoms with Gasteiger partial charge in [0.15, 0.2) is 5.82 Å². The summed E-state index contributed by atoms with van der Waals surface area (Å²) in [5, 5.41) is 21.2. The van der Waals surface area contributed by atoms with E-state index in [1.54, 1.807) is 22.1 Å². The lowest BCUT2D eigenvalue weighted by Gasteiger charge is -2.33. The highest BCUT2D eigenvalue weighted by molar-refractivity contribution is 6.29. The zero-order valence-corrected chi connectivity index (χ0v) is 40.1. The van der Waals surface area contributed by atoms with E-state index in [0.29, 0.717) is 48.9 Å². The molecule has 2 aliphatic heterocycles. The van der Waals surface area contributed by atoms with Crippen molar-refractivity contribution in [3.05, 3.63) is 96.6 Å². The molecule has 2 amide bonds. The van der Waals surface area contributed by atoms with Crippen LogP contribution in [-0.2, 0) is 9.47 Å². The summed E-state index contributed by atoms with van der Waals surface area (Å²) >= 11 is 6.00. The van der Waals surface area contributed by atoms with Gasteiger partial charge in [-0.1, -0.05) is 25.4 Å². The van der Waals surface area contributed by atoms with Crippen molar-refractivity contribution in [2.45, 2.75) is 110 Å². The number of pyridine rings is 4. The summed E-state index contributed by atoms with van der Waals surface area (Å²) in [6, 6.07) is 13.9. The fourth-order valence-electron chi connectivity index (χ4n) is 7.92. The Bertz CT molecular complexity index is 2850. The van der Waals surface area contributed by atoms with Gasteiger partial charge >= 0.3 is 12.2 Å². The average molecular weight is 929 g/mol. The van der Waals surface area contributed by atoms with Crippen LogP contribution in [0.5, 0.6) is 0 Å². The highest BCUT2D eigenvalue weighted by atomic mass is 35.5. The number of nitrogens with zero attached hydrogens (tertiary/aromatic N) is 12. The molecule has 0 spiro atoms. The van der Waals surface area contributed by atoms with Crippen molar-refractivity contribution in [2.75, 3.05) is 31.5 Å². The van der Waals surface area contributed by atoms with Gasteiger partial charge in [0.1, 0.15) is 22.2 Å². The Morgan fingerprint density at radius 3 is 1.61 bits per heavy atom. The van der Waals surface area contributed by atoms with E-state index in [1.807, 2.05) is 124 Å². The van der Waals surface area contributed by atoms with Gasteiger partial charge in [-0.2, -0.15) is 15.3 Å². The van der Waals surface area contributed by atoms with Gasteiger partial charge in [0.05, 0.1) is 52.7 Å². The maximum absolute atomic E-state index is 12.4. The molecule has 7 aromatic heterocycles. The third-order valence-electron chi connectivity index (χ3n) is 11.5. The second kappa shape index (κ2) is 19.6. The monoisotopic (exact) mass is 927 g/mol. The van der Waals surface area contributed by atoms with Gasteiger partial charge in [0.2, 0.25) is 0 Å². The smallest absolute Gasteiger partial charge is 0.410 e. The van der Waals surface area contributed by atoms with Crippen LogP contribution >= 0.6 is 11.6 Å². The van der Waals surface area contributed by atoms with Crippen molar-refractivity contribution in [1.82, 2.24) is 59.5 Å². The zero-order chi connectivity index (χ0) is 47.5. The Morgan fingerprint density at radius 2 is 1.12 bits per heavy atom. The van der Waals surface area contributed by atoms with Crippen molar-refractivity contribution >= 4 is 57.5 Å². The summed E-state index contributed by atoms with van der Waals surface area (Å²) in [6.45, 7) is 18.2. The lowest BCUT2D eigenvalue weighted by molar-refractivity contribution is 0.0174. The number of amides is 2. The lowest BCUT2D eigenvalue weighted by Crippen LogP contribution is -2.42. The van der Waals surface area contributed by atoms with Gasteiger partial charge in [-0.3, -0.25) is 19.3 Å². The Balaban J connectivity index is 0.000000188. The Kier molecular flexibility index (Phi) is 13.7. The molecule has 0 unspecified atom stereocenters. The first-order valence-electron chi connectivity index (χ1n) is 22.8. The lowest BCUT2D eigenvalue weighted by atomic mass is 10.1. The zero-order valence-electron chi connectivity index (χ0n) is 39.3. The minimum atomic E-state index is -0.489. The van der Waals surface area contributed by atoms with Crippen LogP contribution in [0.25, 0.3) is 44.3 Å². The standard InChI is InChI=1S/C28H34N8O2.C21H24ClN5O2/c1-18(2)19-13-26(34-30-15-19)33-25-7-6-23-24(32-25)12-20(14-29-23)21-16-31-36(17-21)22-8-10-35(11-9-22)27(37)38-28(3,4)5;1-21(2,3)29-20(28)26-8-6-16(7-9-26)27-13-15(12-24-27)14-10-18-17(23-11-14)4-5-19(22)25-18/h6-7,12-18,22H,8-11H2,1-5H3,(H,32,33,34);4-5,10-13,16H,6-9H2,1-3H3. The normalized spacial score (nSPS) is 15.1. The van der Waals surface area contributed by atoms with Gasteiger partial charge in [-0.05, 0) is 121 Å². The first-order valence-corrected chi connectivity index (χ1v) is 23.1. The van der Waals surface area contributed by atoms with Crippen LogP contribution in [0.2, 0.25) is 5.15 Å². The molecule has 0 atom stereocenters. The number of ether oxygens (including phenoxy) is 2. The molecule has 1 N–H and O–H groups in total. The van der Waals surface area contributed by atoms with Gasteiger partial charge in [-0.25, -0.2) is 19.6 Å². The molecule has 2 fully saturated rings. The minimum absolute atomic E-state index is 0.229. The minimum Gasteiger partial charge on any atom is -0.444 e. The number of hydrogen-bond donors (Lipinski definition) is 1. The number of carbonyl (C=O) groups is 2. The van der Waals surface area contributed by atoms with Crippen LogP contribution in [0.3, 0.4) is 0 Å². The van der Waals surface area contributed by atoms with E-state index in [-0.39, 0.29) is 24.3 Å². The van der Waals surface area contributed by atoms with Crippen molar-refractivity contribution in [3.63, 3.8) is 0 Å². The molecule has 0 bridgehead atoms. The Morgan fingerprint density at radius 1 is 0.627 bits per heavy atom. The van der Waals surface area contributed by atoms with E-state index in [1.165, 1.54) is 0 Å². The van der Waals surface area contributed by atoms with E-state index < -0.39 is 11.2 Å². The van der Waals surface area contributed by atoms with Crippen molar-refractivity contribution < 1.29 is 19.1 Å². The summed E-state index contributed by atoms with van der Waals surface area (Å²) in [5.41, 5.74) is 7.15. The van der Waals surface area contributed by atoms with E-state index >= 15 is 0 Å². The quantitative estimate of drug-likeness (QED) is 0.149. The van der Waals surface area contributed by atoms with Gasteiger partial charge < -0.3 is 24.6 Å². The highest BCUT2D eigenvalue weighted by Crippen LogP contribution is 2.30. The SMILES string of the molecule is CC(C)(C)OC(=O)N1CCC(n2cc(-c3cnc4ccc(Cl)nc4c3)cn2)CC1.CC(C)c1cnnc(Nc2ccc3ncc(-c4cnn(C5CCN(C(=O)OC(C)(C)C)CC5)c4)cc3n2)c1. The molecule has 9 rings (SSSR count). The van der Waals surface area contributed by atoms with Gasteiger partial charge in [0.25, 0.3) is 0 Å². The van der Waals surface area contributed by atoms with Crippen LogP contribution in [-0.4, -0.2) is 109 Å². The van der Waals surface area contributed by atoms with E-state index in [9.17, 15) is 9.59 Å². The number of carbonyl (C=O) groups excluding carboxylic acids is 2. The van der Waals surface area contributed by atoms with E-state index in [4.69, 9.17) is 26.1 Å². The number of anilines is 2. The number of hydrogen-bond acceptors (Lipinski definition) is 13. The van der Waals surface area contributed by atoms with E-state index in [2.05, 4.69) is 54.5 Å². The third-order valence-corrected chi connectivity index (χ3v) is 11.7. The summed E-state index contributed by atoms with van der Waals surface area (Å²) in [5.74, 6) is 1.70. The fourth-order valence-corrected chi connectivity index (χ4v) is 8.07. The molecule has 9 heterocycles. The van der Waals surface area contributed by atoms with E-state index in [0.717, 1.165) is 75.6 Å². The Hall–Kier alpha value is -6.75. The number of halogens is 1. The average Bonchev–Trinajstić information content (AvgIpc) is 4.00. The number of likely N-dealkylation sites (tertiary alicyclic amines) is 2. The molecule has 2 aliphatic rings. The first kappa shape index (κ1) is 46.8. The van der Waals surface area contributed by atoms with Crippen molar-refractivity contribution in [3.8, 4) is 22.3 Å². The molecule has 7 aromatic rings. The molecule has 67 heavy (non-hydrogen) atoms. The maximum Gasteiger partial charge on any atom is 0.410 e. The highest BCUT2D eigenvalue weighted by Gasteiger charge is 2.29. The molecular formula is C49H58ClN13O4. The van der Waals surface area contributed by atoms with Crippen LogP contribution in [0.15, 0.2) is 85.8 Å². The Labute approximate surface area is 395 Å². The molecule has 18 heteroatoms. The predicted octanol–water partition coefficient (Wildman–Crippen LogP) is 10.4. The third kappa shape index (κ3) is 12.0. The molecule has 0 saturated carbocycles. The molecule has 17 nitrogen and oxygen atoms in total. The second-order valence-electron chi connectivity index (χ2n) is 19.3. The molecule has 2 saturated heterocycles. The van der Waals surface area contributed by atoms with Gasteiger partial charge in [-0.15, -0.1) is 5.10 Å². The summed E-state index contributed by atoms with van der Waals surface area (Å²) in [4.78, 5) is 46.3. The fraction of sp³-hybridized carbons (Fsp3) is 0.429. The second-order valence-corrected chi connectivity index (χ2v) is 19.7. The molecule has 0 radical (unpaired) electrons. The number of nitrogens with one attached hydrogen (secondary N) is 1. The van der Waals surface area contributed by atoms with Crippen LogP contribution in [0.1, 0.15) is 105 Å². The number of piperidine rings is 2. The van der Waals surface area contributed by atoms with Crippen LogP contribution in [0.4, 0.5) is 21.2 Å². The van der Waals surface area contributed by atoms with Crippen molar-refractivity contribution in [1.29, 1.82) is 0 Å². The molecule has 350 valence electrons. The molecular weight excluding hydrogens is 870 g/mol. The van der Waals surface area contributed by atoms with Crippen LogP contribution in [0, 0.1) is 0 Å². The predicted molar refractivity (Wildman–Crippen MR) is 258 cm³/mol. The topological polar surface area (TPSA) is 184 Å². The number of aromatic nitrogens is 10. The largest absolute Gasteiger partial charge is 0.444 e. The summed E-state index contributed by atoms with van der Waals surface area (Å²) in [6.07, 6.45) is 16.1.